The molecular weight excluding hydrogens is 304 g/mol. The number of carbonyl (C=O) groups excluding carboxylic acids is 1. The summed E-state index contributed by atoms with van der Waals surface area (Å²) in [5.74, 6) is -0.740. The maximum absolute atomic E-state index is 12.7. The standard InChI is InChI=1S/C19H22N2O3/c1-11(2)9-17(19(23)24)21-18(22)14-10-16(12-7-8-12)20-15-6-4-3-5-13(14)15/h3-6,10-12,17H,7-9H2,1-2H3,(H,21,22)(H,23,24). The summed E-state index contributed by atoms with van der Waals surface area (Å²) in [6.45, 7) is 3.88. The van der Waals surface area contributed by atoms with Gasteiger partial charge in [0, 0.05) is 17.0 Å². The second kappa shape index (κ2) is 6.59. The molecule has 0 spiro atoms. The first kappa shape index (κ1) is 16.4. The number of hydrogen-bond donors (Lipinski definition) is 2. The van der Waals surface area contributed by atoms with Crippen LogP contribution in [0.3, 0.4) is 0 Å². The van der Waals surface area contributed by atoms with Gasteiger partial charge in [0.15, 0.2) is 0 Å². The predicted molar refractivity (Wildman–Crippen MR) is 92.1 cm³/mol. The van der Waals surface area contributed by atoms with Crippen LogP contribution >= 0.6 is 0 Å². The van der Waals surface area contributed by atoms with Crippen molar-refractivity contribution in [3.63, 3.8) is 0 Å². The van der Waals surface area contributed by atoms with Crippen LogP contribution in [0.2, 0.25) is 0 Å². The highest BCUT2D eigenvalue weighted by Crippen LogP contribution is 2.40. The number of aliphatic carboxylic acids is 1. The van der Waals surface area contributed by atoms with Crippen LogP contribution in [0.1, 0.15) is 55.1 Å². The first-order valence-corrected chi connectivity index (χ1v) is 8.39. The van der Waals surface area contributed by atoms with Gasteiger partial charge in [0.2, 0.25) is 0 Å². The Bertz CT molecular complexity index is 781. The van der Waals surface area contributed by atoms with Crippen LogP contribution in [0.5, 0.6) is 0 Å². The van der Waals surface area contributed by atoms with Crippen molar-refractivity contribution in [3.05, 3.63) is 41.6 Å². The van der Waals surface area contributed by atoms with Gasteiger partial charge in [-0.15, -0.1) is 0 Å². The molecule has 24 heavy (non-hydrogen) atoms. The van der Waals surface area contributed by atoms with Gasteiger partial charge in [0.25, 0.3) is 5.91 Å². The molecule has 1 heterocycles. The minimum atomic E-state index is -1.00. The molecule has 126 valence electrons. The zero-order chi connectivity index (χ0) is 17.3. The highest BCUT2D eigenvalue weighted by atomic mass is 16.4. The number of carbonyl (C=O) groups is 2. The minimum absolute atomic E-state index is 0.183. The van der Waals surface area contributed by atoms with Gasteiger partial charge < -0.3 is 10.4 Å². The lowest BCUT2D eigenvalue weighted by Crippen LogP contribution is -2.41. The second-order valence-corrected chi connectivity index (χ2v) is 6.88. The molecule has 1 amide bonds. The van der Waals surface area contributed by atoms with Gasteiger partial charge in [0.05, 0.1) is 11.1 Å². The molecule has 1 aromatic carbocycles. The van der Waals surface area contributed by atoms with E-state index in [4.69, 9.17) is 0 Å². The molecule has 1 atom stereocenters. The number of para-hydroxylation sites is 1. The largest absolute Gasteiger partial charge is 0.480 e. The molecule has 1 saturated carbocycles. The average molecular weight is 326 g/mol. The fraction of sp³-hybridized carbons (Fsp3) is 0.421. The maximum atomic E-state index is 12.7. The van der Waals surface area contributed by atoms with Gasteiger partial charge >= 0.3 is 5.97 Å². The van der Waals surface area contributed by atoms with E-state index in [1.165, 1.54) is 0 Å². The Morgan fingerprint density at radius 2 is 2.00 bits per heavy atom. The summed E-state index contributed by atoms with van der Waals surface area (Å²) in [6.07, 6.45) is 2.59. The number of benzene rings is 1. The Hall–Kier alpha value is -2.43. The Morgan fingerprint density at radius 1 is 1.29 bits per heavy atom. The van der Waals surface area contributed by atoms with E-state index in [1.807, 2.05) is 44.2 Å². The molecule has 0 saturated heterocycles. The van der Waals surface area contributed by atoms with Crippen LogP contribution in [0, 0.1) is 5.92 Å². The topological polar surface area (TPSA) is 79.3 Å². The van der Waals surface area contributed by atoms with Crippen molar-refractivity contribution < 1.29 is 14.7 Å². The van der Waals surface area contributed by atoms with Crippen molar-refractivity contribution in [2.45, 2.75) is 45.1 Å². The Labute approximate surface area is 141 Å². The minimum Gasteiger partial charge on any atom is -0.480 e. The third-order valence-electron chi connectivity index (χ3n) is 4.29. The molecule has 1 fully saturated rings. The van der Waals surface area contributed by atoms with Crippen LogP contribution in [0.25, 0.3) is 10.9 Å². The zero-order valence-electron chi connectivity index (χ0n) is 14.0. The van der Waals surface area contributed by atoms with E-state index in [9.17, 15) is 14.7 Å². The molecule has 1 aliphatic carbocycles. The lowest BCUT2D eigenvalue weighted by Gasteiger charge is -2.17. The lowest BCUT2D eigenvalue weighted by molar-refractivity contribution is -0.139. The van der Waals surface area contributed by atoms with Crippen molar-refractivity contribution in [2.24, 2.45) is 5.92 Å². The van der Waals surface area contributed by atoms with Crippen LogP contribution in [0.15, 0.2) is 30.3 Å². The van der Waals surface area contributed by atoms with Gasteiger partial charge in [-0.3, -0.25) is 9.78 Å². The van der Waals surface area contributed by atoms with Crippen molar-refractivity contribution in [1.82, 2.24) is 10.3 Å². The SMILES string of the molecule is CC(C)CC(NC(=O)c1cc(C2CC2)nc2ccccc12)C(=O)O. The van der Waals surface area contributed by atoms with Crippen LogP contribution < -0.4 is 5.32 Å². The number of carboxylic acid groups (broad SMARTS) is 1. The van der Waals surface area contributed by atoms with E-state index < -0.39 is 12.0 Å². The summed E-state index contributed by atoms with van der Waals surface area (Å²) in [6, 6.07) is 8.44. The summed E-state index contributed by atoms with van der Waals surface area (Å²) >= 11 is 0. The zero-order valence-corrected chi connectivity index (χ0v) is 14.0. The summed E-state index contributed by atoms with van der Waals surface area (Å²) in [7, 11) is 0. The summed E-state index contributed by atoms with van der Waals surface area (Å²) in [4.78, 5) is 28.8. The first-order chi connectivity index (χ1) is 11.5. The van der Waals surface area contributed by atoms with Crippen molar-refractivity contribution in [2.75, 3.05) is 0 Å². The van der Waals surface area contributed by atoms with E-state index in [-0.39, 0.29) is 11.8 Å². The number of amides is 1. The normalized spacial score (nSPS) is 15.5. The molecule has 0 radical (unpaired) electrons. The van der Waals surface area contributed by atoms with E-state index in [2.05, 4.69) is 10.3 Å². The molecule has 2 aromatic rings. The van der Waals surface area contributed by atoms with Gasteiger partial charge in [-0.05, 0) is 37.3 Å². The number of aromatic nitrogens is 1. The second-order valence-electron chi connectivity index (χ2n) is 6.88. The molecule has 5 nitrogen and oxygen atoms in total. The summed E-state index contributed by atoms with van der Waals surface area (Å²) in [5, 5.41) is 12.8. The molecule has 0 bridgehead atoms. The number of rotatable bonds is 6. The molecule has 5 heteroatoms. The smallest absolute Gasteiger partial charge is 0.326 e. The van der Waals surface area contributed by atoms with E-state index in [1.54, 1.807) is 0 Å². The Balaban J connectivity index is 1.94. The predicted octanol–water partition coefficient (Wildman–Crippen LogP) is 3.34. The third-order valence-corrected chi connectivity index (χ3v) is 4.29. The van der Waals surface area contributed by atoms with E-state index in [0.717, 1.165) is 29.4 Å². The number of hydrogen-bond acceptors (Lipinski definition) is 3. The quantitative estimate of drug-likeness (QED) is 0.853. The van der Waals surface area contributed by atoms with Crippen molar-refractivity contribution >= 4 is 22.8 Å². The number of carboxylic acids is 1. The summed E-state index contributed by atoms with van der Waals surface area (Å²) in [5.41, 5.74) is 2.22. The van der Waals surface area contributed by atoms with Crippen LogP contribution in [0.4, 0.5) is 0 Å². The van der Waals surface area contributed by atoms with Crippen LogP contribution in [-0.4, -0.2) is 28.0 Å². The van der Waals surface area contributed by atoms with Crippen molar-refractivity contribution in [3.8, 4) is 0 Å². The van der Waals surface area contributed by atoms with E-state index in [0.29, 0.717) is 17.9 Å². The molecule has 1 aromatic heterocycles. The molecule has 2 N–H and O–H groups in total. The van der Waals surface area contributed by atoms with Crippen LogP contribution in [-0.2, 0) is 4.79 Å². The molecule has 1 unspecified atom stereocenters. The van der Waals surface area contributed by atoms with Crippen molar-refractivity contribution in [1.29, 1.82) is 0 Å². The fourth-order valence-electron chi connectivity index (χ4n) is 2.90. The lowest BCUT2D eigenvalue weighted by atomic mass is 10.0. The Kier molecular flexibility index (Phi) is 4.51. The highest BCUT2D eigenvalue weighted by Gasteiger charge is 2.28. The van der Waals surface area contributed by atoms with Gasteiger partial charge in [-0.25, -0.2) is 4.79 Å². The molecule has 3 rings (SSSR count). The first-order valence-electron chi connectivity index (χ1n) is 8.39. The molecule has 1 aliphatic rings. The molecular formula is C19H22N2O3. The van der Waals surface area contributed by atoms with E-state index >= 15 is 0 Å². The van der Waals surface area contributed by atoms with Gasteiger partial charge in [-0.2, -0.15) is 0 Å². The number of nitrogens with zero attached hydrogens (tertiary/aromatic N) is 1. The summed E-state index contributed by atoms with van der Waals surface area (Å²) < 4.78 is 0. The number of nitrogens with one attached hydrogen (secondary N) is 1. The number of pyridine rings is 1. The number of fused-ring (bicyclic) bond motifs is 1. The fourth-order valence-corrected chi connectivity index (χ4v) is 2.90. The van der Waals surface area contributed by atoms with Gasteiger partial charge in [-0.1, -0.05) is 32.0 Å². The third kappa shape index (κ3) is 3.55. The molecule has 0 aliphatic heterocycles. The Morgan fingerprint density at radius 3 is 2.62 bits per heavy atom. The van der Waals surface area contributed by atoms with Gasteiger partial charge in [0.1, 0.15) is 6.04 Å². The maximum Gasteiger partial charge on any atom is 0.326 e. The average Bonchev–Trinajstić information content (AvgIpc) is 3.37. The highest BCUT2D eigenvalue weighted by molar-refractivity contribution is 6.07. The monoisotopic (exact) mass is 326 g/mol.